The number of amides is 2. The smallest absolute Gasteiger partial charge is 0.257 e. The molecule has 1 aromatic heterocycles. The number of carbonyl (C=O) groups excluding carboxylic acids is 2. The summed E-state index contributed by atoms with van der Waals surface area (Å²) in [6.45, 7) is 0.756. The quantitative estimate of drug-likeness (QED) is 0.785. The first-order valence-electron chi connectivity index (χ1n) is 7.18. The van der Waals surface area contributed by atoms with Crippen molar-refractivity contribution in [3.05, 3.63) is 59.4 Å². The minimum atomic E-state index is -0.447. The van der Waals surface area contributed by atoms with Crippen LogP contribution in [-0.4, -0.2) is 37.1 Å². The molecule has 24 heavy (non-hydrogen) atoms. The molecule has 0 aliphatic rings. The van der Waals surface area contributed by atoms with Crippen molar-refractivity contribution in [1.29, 1.82) is 5.26 Å². The number of ether oxygens (including phenoxy) is 1. The zero-order valence-electron chi connectivity index (χ0n) is 13.1. The number of nitrogens with one attached hydrogen (secondary N) is 2. The molecule has 0 unspecified atom stereocenters. The summed E-state index contributed by atoms with van der Waals surface area (Å²) in [4.78, 5) is 28.2. The number of nitrogens with zero attached hydrogens (tertiary/aromatic N) is 2. The van der Waals surface area contributed by atoms with Gasteiger partial charge in [0, 0.05) is 26.0 Å². The fourth-order valence-corrected chi connectivity index (χ4v) is 1.94. The van der Waals surface area contributed by atoms with Crippen LogP contribution in [0.25, 0.3) is 0 Å². The monoisotopic (exact) mass is 324 g/mol. The van der Waals surface area contributed by atoms with Gasteiger partial charge in [-0.1, -0.05) is 12.1 Å². The summed E-state index contributed by atoms with van der Waals surface area (Å²) in [5.41, 5.74) is 1.25. The molecule has 0 fully saturated rings. The molecule has 1 heterocycles. The van der Waals surface area contributed by atoms with E-state index in [0.29, 0.717) is 24.4 Å². The van der Waals surface area contributed by atoms with E-state index in [4.69, 9.17) is 10.00 Å². The van der Waals surface area contributed by atoms with Crippen molar-refractivity contribution in [1.82, 2.24) is 10.3 Å². The number of nitriles is 1. The van der Waals surface area contributed by atoms with Gasteiger partial charge in [-0.2, -0.15) is 5.26 Å². The fraction of sp³-hybridized carbons (Fsp3) is 0.176. The van der Waals surface area contributed by atoms with Crippen molar-refractivity contribution in [3.8, 4) is 6.07 Å². The van der Waals surface area contributed by atoms with Gasteiger partial charge in [0.05, 0.1) is 29.0 Å². The van der Waals surface area contributed by atoms with Crippen LogP contribution in [0.4, 0.5) is 5.69 Å². The van der Waals surface area contributed by atoms with E-state index in [1.165, 1.54) is 25.6 Å². The van der Waals surface area contributed by atoms with E-state index in [2.05, 4.69) is 15.6 Å². The third-order valence-corrected chi connectivity index (χ3v) is 3.15. The van der Waals surface area contributed by atoms with Crippen LogP contribution in [0.15, 0.2) is 42.7 Å². The van der Waals surface area contributed by atoms with E-state index in [1.807, 2.05) is 6.07 Å². The molecule has 2 aromatic rings. The molecule has 0 spiro atoms. The number of para-hydroxylation sites is 1. The highest BCUT2D eigenvalue weighted by Crippen LogP contribution is 2.15. The maximum Gasteiger partial charge on any atom is 0.257 e. The van der Waals surface area contributed by atoms with Crippen LogP contribution in [0.3, 0.4) is 0 Å². The standard InChI is InChI=1S/C17H16N4O3/c1-24-7-6-20-16(22)13-8-14(11-19-10-13)17(23)21-15-5-3-2-4-12(15)9-18/h2-5,8,10-11H,6-7H2,1H3,(H,20,22)(H,21,23). The van der Waals surface area contributed by atoms with Gasteiger partial charge in [-0.25, -0.2) is 0 Å². The van der Waals surface area contributed by atoms with Crippen molar-refractivity contribution >= 4 is 17.5 Å². The Hall–Kier alpha value is -3.24. The Bertz CT molecular complexity index is 783. The van der Waals surface area contributed by atoms with Gasteiger partial charge < -0.3 is 15.4 Å². The first-order valence-corrected chi connectivity index (χ1v) is 7.18. The summed E-state index contributed by atoms with van der Waals surface area (Å²) >= 11 is 0. The molecule has 122 valence electrons. The van der Waals surface area contributed by atoms with E-state index >= 15 is 0 Å². The minimum Gasteiger partial charge on any atom is -0.383 e. The van der Waals surface area contributed by atoms with Gasteiger partial charge in [0.1, 0.15) is 6.07 Å². The second-order valence-electron chi connectivity index (χ2n) is 4.82. The third-order valence-electron chi connectivity index (χ3n) is 3.15. The molecule has 0 radical (unpaired) electrons. The van der Waals surface area contributed by atoms with Gasteiger partial charge in [0.25, 0.3) is 11.8 Å². The molecule has 0 bridgehead atoms. The lowest BCUT2D eigenvalue weighted by Gasteiger charge is -2.08. The molecule has 0 saturated heterocycles. The topological polar surface area (TPSA) is 104 Å². The third kappa shape index (κ3) is 4.38. The predicted octanol–water partition coefficient (Wildman–Crippen LogP) is 1.58. The minimum absolute atomic E-state index is 0.224. The van der Waals surface area contributed by atoms with Gasteiger partial charge in [0.15, 0.2) is 0 Å². The Balaban J connectivity index is 2.12. The molecule has 2 rings (SSSR count). The molecule has 2 N–H and O–H groups in total. The van der Waals surface area contributed by atoms with E-state index in [9.17, 15) is 9.59 Å². The maximum atomic E-state index is 12.3. The number of pyridine rings is 1. The van der Waals surface area contributed by atoms with Crippen molar-refractivity contribution in [2.24, 2.45) is 0 Å². The first kappa shape index (κ1) is 17.1. The van der Waals surface area contributed by atoms with E-state index < -0.39 is 5.91 Å². The number of hydrogen-bond donors (Lipinski definition) is 2. The molecular weight excluding hydrogens is 308 g/mol. The summed E-state index contributed by atoms with van der Waals surface area (Å²) in [5, 5.41) is 14.3. The largest absolute Gasteiger partial charge is 0.383 e. The van der Waals surface area contributed by atoms with Crippen molar-refractivity contribution < 1.29 is 14.3 Å². The van der Waals surface area contributed by atoms with Gasteiger partial charge >= 0.3 is 0 Å². The second-order valence-corrected chi connectivity index (χ2v) is 4.82. The summed E-state index contributed by atoms with van der Waals surface area (Å²) in [6.07, 6.45) is 2.73. The molecule has 7 nitrogen and oxygen atoms in total. The Kier molecular flexibility index (Phi) is 6.00. The van der Waals surface area contributed by atoms with Crippen LogP contribution in [0.2, 0.25) is 0 Å². The average Bonchev–Trinajstić information content (AvgIpc) is 2.62. The number of hydrogen-bond acceptors (Lipinski definition) is 5. The highest BCUT2D eigenvalue weighted by molar-refractivity contribution is 6.06. The molecule has 7 heteroatoms. The van der Waals surface area contributed by atoms with Gasteiger partial charge in [-0.05, 0) is 18.2 Å². The normalized spacial score (nSPS) is 9.83. The summed E-state index contributed by atoms with van der Waals surface area (Å²) in [6, 6.07) is 10.1. The highest BCUT2D eigenvalue weighted by Gasteiger charge is 2.12. The number of anilines is 1. The Morgan fingerprint density at radius 3 is 2.62 bits per heavy atom. The maximum absolute atomic E-state index is 12.3. The van der Waals surface area contributed by atoms with Crippen LogP contribution < -0.4 is 10.6 Å². The van der Waals surface area contributed by atoms with Gasteiger partial charge in [-0.3, -0.25) is 14.6 Å². The fourth-order valence-electron chi connectivity index (χ4n) is 1.94. The zero-order chi connectivity index (χ0) is 17.4. The van der Waals surface area contributed by atoms with E-state index in [1.54, 1.807) is 24.3 Å². The van der Waals surface area contributed by atoms with Crippen LogP contribution >= 0.6 is 0 Å². The van der Waals surface area contributed by atoms with Crippen LogP contribution in [0.1, 0.15) is 26.3 Å². The van der Waals surface area contributed by atoms with Crippen molar-refractivity contribution in [3.63, 3.8) is 0 Å². The molecule has 1 aromatic carbocycles. The van der Waals surface area contributed by atoms with Crippen LogP contribution in [-0.2, 0) is 4.74 Å². The number of aromatic nitrogens is 1. The molecule has 0 atom stereocenters. The summed E-state index contributed by atoms with van der Waals surface area (Å²) in [5.74, 6) is -0.789. The van der Waals surface area contributed by atoms with Gasteiger partial charge in [-0.15, -0.1) is 0 Å². The highest BCUT2D eigenvalue weighted by atomic mass is 16.5. The number of methoxy groups -OCH3 is 1. The number of carbonyl (C=O) groups is 2. The van der Waals surface area contributed by atoms with Gasteiger partial charge in [0.2, 0.25) is 0 Å². The second kappa shape index (κ2) is 8.41. The molecule has 2 amide bonds. The van der Waals surface area contributed by atoms with E-state index in [0.717, 1.165) is 0 Å². The molecular formula is C17H16N4O3. The predicted molar refractivity (Wildman–Crippen MR) is 87.6 cm³/mol. The number of rotatable bonds is 6. The lowest BCUT2D eigenvalue weighted by molar-refractivity contribution is 0.0936. The lowest BCUT2D eigenvalue weighted by Crippen LogP contribution is -2.27. The Morgan fingerprint density at radius 2 is 1.92 bits per heavy atom. The van der Waals surface area contributed by atoms with Crippen molar-refractivity contribution in [2.45, 2.75) is 0 Å². The lowest BCUT2D eigenvalue weighted by atomic mass is 10.1. The zero-order valence-corrected chi connectivity index (χ0v) is 13.1. The summed E-state index contributed by atoms with van der Waals surface area (Å²) in [7, 11) is 1.54. The molecule has 0 saturated carbocycles. The SMILES string of the molecule is COCCNC(=O)c1cncc(C(=O)Nc2ccccc2C#N)c1. The molecule has 0 aliphatic carbocycles. The van der Waals surface area contributed by atoms with Crippen LogP contribution in [0, 0.1) is 11.3 Å². The van der Waals surface area contributed by atoms with E-state index in [-0.39, 0.29) is 17.0 Å². The molecule has 0 aliphatic heterocycles. The summed E-state index contributed by atoms with van der Waals surface area (Å²) < 4.78 is 4.86. The van der Waals surface area contributed by atoms with Crippen LogP contribution in [0.5, 0.6) is 0 Å². The first-order chi connectivity index (χ1) is 11.7. The Morgan fingerprint density at radius 1 is 1.21 bits per heavy atom. The number of benzene rings is 1. The average molecular weight is 324 g/mol. The van der Waals surface area contributed by atoms with Crippen molar-refractivity contribution in [2.75, 3.05) is 25.6 Å². The Labute approximate surface area is 139 Å².